The van der Waals surface area contributed by atoms with Crippen LogP contribution in [0.1, 0.15) is 10.4 Å². The number of nitro benzene ring substituents is 1. The van der Waals surface area contributed by atoms with Crippen molar-refractivity contribution in [1.29, 1.82) is 0 Å². The molecule has 1 aromatic carbocycles. The molecule has 0 spiro atoms. The van der Waals surface area contributed by atoms with Gasteiger partial charge in [0.05, 0.1) is 4.92 Å². The maximum atomic E-state index is 11.8. The second-order valence-electron chi connectivity index (χ2n) is 4.31. The van der Waals surface area contributed by atoms with Crippen LogP contribution < -0.4 is 0 Å². The molecule has 0 bridgehead atoms. The zero-order valence-corrected chi connectivity index (χ0v) is 13.3. The maximum absolute atomic E-state index is 11.8. The summed E-state index contributed by atoms with van der Waals surface area (Å²) < 4.78 is 6.00. The highest BCUT2D eigenvalue weighted by molar-refractivity contribution is 9.10. The summed E-state index contributed by atoms with van der Waals surface area (Å²) in [6.45, 7) is 0. The van der Waals surface area contributed by atoms with Crippen molar-refractivity contribution in [3.8, 4) is 0 Å². The molecule has 3 rings (SSSR count). The van der Waals surface area contributed by atoms with Crippen LogP contribution in [0.4, 0.5) is 5.69 Å². The van der Waals surface area contributed by atoms with Gasteiger partial charge < -0.3 is 4.74 Å². The number of ether oxygens (including phenoxy) is 1. The first kappa shape index (κ1) is 14.6. The standard InChI is InChI=1S/C14H7BrN2O4S/c15-9-5-11(22-7-9)6-12-14(18)21-13(16-12)8-2-1-3-10(4-8)17(19)20/h1-7H. The lowest BCUT2D eigenvalue weighted by Crippen LogP contribution is -2.05. The number of carbonyl (C=O) groups excluding carboxylic acids is 1. The molecule has 1 aliphatic heterocycles. The molecule has 0 fully saturated rings. The monoisotopic (exact) mass is 378 g/mol. The Hall–Kier alpha value is -2.32. The first-order chi connectivity index (χ1) is 10.5. The van der Waals surface area contributed by atoms with Crippen molar-refractivity contribution in [1.82, 2.24) is 0 Å². The van der Waals surface area contributed by atoms with Gasteiger partial charge in [0.1, 0.15) is 0 Å². The van der Waals surface area contributed by atoms with Crippen molar-refractivity contribution in [3.05, 3.63) is 66.4 Å². The minimum absolute atomic E-state index is 0.0653. The summed E-state index contributed by atoms with van der Waals surface area (Å²) in [6, 6.07) is 7.65. The van der Waals surface area contributed by atoms with Gasteiger partial charge in [-0.05, 0) is 34.1 Å². The van der Waals surface area contributed by atoms with Crippen molar-refractivity contribution in [2.45, 2.75) is 0 Å². The van der Waals surface area contributed by atoms with E-state index in [9.17, 15) is 14.9 Å². The number of thiophene rings is 1. The fourth-order valence-corrected chi connectivity index (χ4v) is 3.19. The number of hydrogen-bond acceptors (Lipinski definition) is 6. The van der Waals surface area contributed by atoms with E-state index in [1.165, 1.54) is 29.5 Å². The molecule has 6 nitrogen and oxygen atoms in total. The molecule has 110 valence electrons. The molecular weight excluding hydrogens is 372 g/mol. The predicted molar refractivity (Wildman–Crippen MR) is 85.7 cm³/mol. The zero-order chi connectivity index (χ0) is 15.7. The number of benzene rings is 1. The van der Waals surface area contributed by atoms with Crippen molar-refractivity contribution in [3.63, 3.8) is 0 Å². The van der Waals surface area contributed by atoms with Gasteiger partial charge in [-0.25, -0.2) is 9.79 Å². The number of rotatable bonds is 3. The lowest BCUT2D eigenvalue weighted by molar-refractivity contribution is -0.384. The quantitative estimate of drug-likeness (QED) is 0.352. The summed E-state index contributed by atoms with van der Waals surface area (Å²) in [5.41, 5.74) is 0.463. The third-order valence-electron chi connectivity index (χ3n) is 2.79. The van der Waals surface area contributed by atoms with Gasteiger partial charge in [0, 0.05) is 32.4 Å². The molecule has 0 aliphatic carbocycles. The van der Waals surface area contributed by atoms with E-state index in [2.05, 4.69) is 20.9 Å². The van der Waals surface area contributed by atoms with E-state index in [4.69, 9.17) is 4.74 Å². The van der Waals surface area contributed by atoms with Gasteiger partial charge in [-0.2, -0.15) is 0 Å². The van der Waals surface area contributed by atoms with Gasteiger partial charge in [0.15, 0.2) is 5.70 Å². The summed E-state index contributed by atoms with van der Waals surface area (Å²) in [5, 5.41) is 12.7. The Morgan fingerprint density at radius 3 is 2.86 bits per heavy atom. The van der Waals surface area contributed by atoms with Crippen LogP contribution in [0.3, 0.4) is 0 Å². The average molecular weight is 379 g/mol. The molecule has 1 aliphatic rings. The Labute approximate surface area is 137 Å². The van der Waals surface area contributed by atoms with E-state index in [0.29, 0.717) is 5.56 Å². The maximum Gasteiger partial charge on any atom is 0.363 e. The van der Waals surface area contributed by atoms with Crippen LogP contribution in [0, 0.1) is 10.1 Å². The number of aliphatic imine (C=N–C) groups is 1. The summed E-state index contributed by atoms with van der Waals surface area (Å²) in [5.74, 6) is -0.512. The Bertz CT molecular complexity index is 841. The summed E-state index contributed by atoms with van der Waals surface area (Å²) >= 11 is 4.78. The van der Waals surface area contributed by atoms with Gasteiger partial charge in [-0.1, -0.05) is 6.07 Å². The first-order valence-electron chi connectivity index (χ1n) is 6.04. The smallest absolute Gasteiger partial charge is 0.363 e. The summed E-state index contributed by atoms with van der Waals surface area (Å²) in [4.78, 5) is 27.1. The largest absolute Gasteiger partial charge is 0.402 e. The number of halogens is 1. The fraction of sp³-hybridized carbons (Fsp3) is 0. The zero-order valence-electron chi connectivity index (χ0n) is 10.9. The Balaban J connectivity index is 1.94. The van der Waals surface area contributed by atoms with Crippen LogP contribution in [0.5, 0.6) is 0 Å². The van der Waals surface area contributed by atoms with Gasteiger partial charge >= 0.3 is 5.97 Å². The molecule has 0 saturated carbocycles. The van der Waals surface area contributed by atoms with E-state index in [0.717, 1.165) is 9.35 Å². The van der Waals surface area contributed by atoms with Crippen LogP contribution in [0.2, 0.25) is 0 Å². The van der Waals surface area contributed by atoms with Crippen LogP contribution in [0.15, 0.2) is 50.9 Å². The number of nitrogens with zero attached hydrogens (tertiary/aromatic N) is 2. The molecule has 2 heterocycles. The average Bonchev–Trinajstić information content (AvgIpc) is 3.06. The molecule has 22 heavy (non-hydrogen) atoms. The third kappa shape index (κ3) is 2.97. The number of hydrogen-bond donors (Lipinski definition) is 0. The third-order valence-corrected chi connectivity index (χ3v) is 4.43. The highest BCUT2D eigenvalue weighted by Gasteiger charge is 2.25. The fourth-order valence-electron chi connectivity index (χ4n) is 1.82. The summed E-state index contributed by atoms with van der Waals surface area (Å²) in [6.07, 6.45) is 1.61. The first-order valence-corrected chi connectivity index (χ1v) is 7.71. The predicted octanol–water partition coefficient (Wildman–Crippen LogP) is 3.76. The number of esters is 1. The molecule has 1 aromatic heterocycles. The number of non-ortho nitro benzene ring substituents is 1. The van der Waals surface area contributed by atoms with E-state index in [1.54, 1.807) is 12.1 Å². The minimum atomic E-state index is -0.578. The van der Waals surface area contributed by atoms with Gasteiger partial charge in [0.25, 0.3) is 5.69 Å². The molecule has 8 heteroatoms. The summed E-state index contributed by atoms with van der Waals surface area (Å²) in [7, 11) is 0. The van der Waals surface area contributed by atoms with Crippen molar-refractivity contribution in [2.24, 2.45) is 4.99 Å². The Kier molecular flexibility index (Phi) is 3.86. The van der Waals surface area contributed by atoms with Gasteiger partial charge in [-0.15, -0.1) is 11.3 Å². The van der Waals surface area contributed by atoms with Crippen molar-refractivity contribution >= 4 is 50.9 Å². The van der Waals surface area contributed by atoms with Crippen LogP contribution >= 0.6 is 27.3 Å². The molecule has 0 N–H and O–H groups in total. The minimum Gasteiger partial charge on any atom is -0.402 e. The molecule has 2 aromatic rings. The highest BCUT2D eigenvalue weighted by Crippen LogP contribution is 2.25. The normalized spacial score (nSPS) is 15.8. The molecule has 0 saturated heterocycles. The molecule has 0 radical (unpaired) electrons. The van der Waals surface area contributed by atoms with E-state index < -0.39 is 10.9 Å². The number of nitro groups is 1. The second kappa shape index (κ2) is 5.82. The van der Waals surface area contributed by atoms with Crippen molar-refractivity contribution in [2.75, 3.05) is 0 Å². The van der Waals surface area contributed by atoms with Gasteiger partial charge in [0.2, 0.25) is 5.90 Å². The van der Waals surface area contributed by atoms with E-state index in [1.807, 2.05) is 11.4 Å². The lowest BCUT2D eigenvalue weighted by Gasteiger charge is -1.98. The SMILES string of the molecule is O=C1OC(c2cccc([N+](=O)[O-])c2)=NC1=Cc1cc(Br)cs1. The van der Waals surface area contributed by atoms with Crippen LogP contribution in [0.25, 0.3) is 6.08 Å². The number of carbonyl (C=O) groups is 1. The van der Waals surface area contributed by atoms with Crippen LogP contribution in [-0.2, 0) is 9.53 Å². The van der Waals surface area contributed by atoms with E-state index >= 15 is 0 Å². The molecule has 0 unspecified atom stereocenters. The molecular formula is C14H7BrN2O4S. The lowest BCUT2D eigenvalue weighted by atomic mass is 10.2. The number of cyclic esters (lactones) is 1. The molecule has 0 atom stereocenters. The topological polar surface area (TPSA) is 81.8 Å². The van der Waals surface area contributed by atoms with Gasteiger partial charge in [-0.3, -0.25) is 10.1 Å². The van der Waals surface area contributed by atoms with E-state index in [-0.39, 0.29) is 17.3 Å². The van der Waals surface area contributed by atoms with Crippen molar-refractivity contribution < 1.29 is 14.5 Å². The Morgan fingerprint density at radius 2 is 2.18 bits per heavy atom. The Morgan fingerprint density at radius 1 is 1.36 bits per heavy atom. The van der Waals surface area contributed by atoms with Crippen LogP contribution in [-0.4, -0.2) is 16.8 Å². The molecule has 0 amide bonds. The second-order valence-corrected chi connectivity index (χ2v) is 6.17. The highest BCUT2D eigenvalue weighted by atomic mass is 79.9.